The number of fused-ring (bicyclic) bond motifs is 2. The molecule has 4 nitrogen and oxygen atoms in total. The van der Waals surface area contributed by atoms with Gasteiger partial charge in [-0.15, -0.1) is 0 Å². The first kappa shape index (κ1) is 15.7. The van der Waals surface area contributed by atoms with Crippen molar-refractivity contribution in [2.75, 3.05) is 5.32 Å². The van der Waals surface area contributed by atoms with Gasteiger partial charge in [-0.3, -0.25) is 4.79 Å². The maximum Gasteiger partial charge on any atom is 0.196 e. The number of rotatable bonds is 2. The summed E-state index contributed by atoms with van der Waals surface area (Å²) in [4.78, 5) is 22.2. The molecule has 0 bridgehead atoms. The van der Waals surface area contributed by atoms with Crippen LogP contribution in [0.1, 0.15) is 27.0 Å². The van der Waals surface area contributed by atoms with E-state index in [0.29, 0.717) is 11.1 Å². The molecule has 1 aromatic heterocycles. The fourth-order valence-corrected chi connectivity index (χ4v) is 3.82. The van der Waals surface area contributed by atoms with Crippen LogP contribution >= 0.6 is 0 Å². The molecule has 27 heavy (non-hydrogen) atoms. The van der Waals surface area contributed by atoms with Gasteiger partial charge in [0.1, 0.15) is 6.33 Å². The third-order valence-electron chi connectivity index (χ3n) is 5.11. The van der Waals surface area contributed by atoms with Gasteiger partial charge in [0.25, 0.3) is 0 Å². The Labute approximate surface area is 156 Å². The maximum atomic E-state index is 13.3. The lowest BCUT2D eigenvalue weighted by molar-refractivity contribution is 0.104. The van der Waals surface area contributed by atoms with E-state index in [9.17, 15) is 4.79 Å². The predicted octanol–water partition coefficient (Wildman–Crippen LogP) is 5.20. The standard InChI is InChI=1S/C23H17N3O/c1-13-7-8-17(14(2)11-13)26-19-10-9-18-20-21(19)23(27)16-6-4-3-5-15(16)22(20)25-12-24-18/h3-12,26H,1-2H3. The Balaban J connectivity index is 1.78. The van der Waals surface area contributed by atoms with E-state index in [2.05, 4.69) is 41.3 Å². The minimum atomic E-state index is 0.00534. The molecule has 130 valence electrons. The van der Waals surface area contributed by atoms with Crippen LogP contribution in [0.2, 0.25) is 0 Å². The number of aromatic nitrogens is 2. The summed E-state index contributed by atoms with van der Waals surface area (Å²) in [6.45, 7) is 4.13. The van der Waals surface area contributed by atoms with Crippen LogP contribution in [-0.2, 0) is 0 Å². The summed E-state index contributed by atoms with van der Waals surface area (Å²) in [5.41, 5.74) is 7.89. The van der Waals surface area contributed by atoms with Gasteiger partial charge in [0, 0.05) is 22.2 Å². The molecule has 1 aliphatic carbocycles. The summed E-state index contributed by atoms with van der Waals surface area (Å²) in [5.74, 6) is 0.00534. The molecular formula is C23H17N3O. The average molecular weight is 351 g/mol. The zero-order chi connectivity index (χ0) is 18.5. The molecule has 1 aliphatic rings. The normalized spacial score (nSPS) is 12.1. The molecule has 1 heterocycles. The summed E-state index contributed by atoms with van der Waals surface area (Å²) in [7, 11) is 0. The largest absolute Gasteiger partial charge is 0.355 e. The highest BCUT2D eigenvalue weighted by Gasteiger charge is 2.28. The number of ketones is 1. The van der Waals surface area contributed by atoms with Crippen molar-refractivity contribution in [1.82, 2.24) is 9.97 Å². The molecule has 0 radical (unpaired) electrons. The number of hydrogen-bond donors (Lipinski definition) is 1. The first-order chi connectivity index (χ1) is 13.1. The van der Waals surface area contributed by atoms with Crippen molar-refractivity contribution in [1.29, 1.82) is 0 Å². The van der Waals surface area contributed by atoms with Gasteiger partial charge in [-0.2, -0.15) is 0 Å². The molecule has 0 unspecified atom stereocenters. The Kier molecular flexibility index (Phi) is 3.34. The fraction of sp³-hybridized carbons (Fsp3) is 0.0870. The number of carbonyl (C=O) groups excluding carboxylic acids is 1. The van der Waals surface area contributed by atoms with E-state index < -0.39 is 0 Å². The molecule has 3 aromatic carbocycles. The molecule has 1 N–H and O–H groups in total. The van der Waals surface area contributed by atoms with Crippen LogP contribution < -0.4 is 5.32 Å². The minimum absolute atomic E-state index is 0.00534. The molecular weight excluding hydrogens is 334 g/mol. The SMILES string of the molecule is Cc1ccc(Nc2ccc3ncnc4c3c2C(=O)c2ccccc2-4)c(C)c1. The van der Waals surface area contributed by atoms with Crippen molar-refractivity contribution in [3.05, 3.63) is 83.2 Å². The Hall–Kier alpha value is -3.53. The van der Waals surface area contributed by atoms with Crippen LogP contribution in [0.25, 0.3) is 22.2 Å². The Morgan fingerprint density at radius 3 is 2.44 bits per heavy atom. The molecule has 0 saturated heterocycles. The molecule has 0 amide bonds. The number of aryl methyl sites for hydroxylation is 2. The van der Waals surface area contributed by atoms with Crippen LogP contribution in [0.3, 0.4) is 0 Å². The number of nitrogens with one attached hydrogen (secondary N) is 1. The van der Waals surface area contributed by atoms with Crippen molar-refractivity contribution in [3.63, 3.8) is 0 Å². The zero-order valence-electron chi connectivity index (χ0n) is 15.1. The van der Waals surface area contributed by atoms with Crippen LogP contribution in [0.15, 0.2) is 60.9 Å². The summed E-state index contributed by atoms with van der Waals surface area (Å²) < 4.78 is 0. The fourth-order valence-electron chi connectivity index (χ4n) is 3.82. The molecule has 4 heteroatoms. The minimum Gasteiger partial charge on any atom is -0.355 e. The van der Waals surface area contributed by atoms with Gasteiger partial charge in [-0.25, -0.2) is 9.97 Å². The molecule has 4 aromatic rings. The molecule has 0 atom stereocenters. The summed E-state index contributed by atoms with van der Waals surface area (Å²) in [6.07, 6.45) is 1.56. The van der Waals surface area contributed by atoms with Gasteiger partial charge in [-0.05, 0) is 37.6 Å². The van der Waals surface area contributed by atoms with E-state index >= 15 is 0 Å². The van der Waals surface area contributed by atoms with E-state index in [-0.39, 0.29) is 5.78 Å². The Bertz CT molecular complexity index is 1240. The molecule has 0 aliphatic heterocycles. The average Bonchev–Trinajstić information content (AvgIpc) is 2.68. The Morgan fingerprint density at radius 1 is 0.852 bits per heavy atom. The monoisotopic (exact) mass is 351 g/mol. The number of carbonyl (C=O) groups is 1. The predicted molar refractivity (Wildman–Crippen MR) is 108 cm³/mol. The first-order valence-corrected chi connectivity index (χ1v) is 8.89. The lowest BCUT2D eigenvalue weighted by Gasteiger charge is -2.22. The van der Waals surface area contributed by atoms with E-state index in [1.54, 1.807) is 6.33 Å². The van der Waals surface area contributed by atoms with Gasteiger partial charge in [0.2, 0.25) is 0 Å². The lowest BCUT2D eigenvalue weighted by Crippen LogP contribution is -2.14. The van der Waals surface area contributed by atoms with Crippen molar-refractivity contribution in [2.45, 2.75) is 13.8 Å². The second-order valence-corrected chi connectivity index (χ2v) is 6.92. The van der Waals surface area contributed by atoms with Crippen molar-refractivity contribution in [3.8, 4) is 11.3 Å². The second-order valence-electron chi connectivity index (χ2n) is 6.92. The summed E-state index contributed by atoms with van der Waals surface area (Å²) >= 11 is 0. The van der Waals surface area contributed by atoms with Crippen LogP contribution in [0.5, 0.6) is 0 Å². The van der Waals surface area contributed by atoms with Crippen molar-refractivity contribution >= 4 is 28.1 Å². The highest BCUT2D eigenvalue weighted by molar-refractivity contribution is 6.27. The maximum absolute atomic E-state index is 13.3. The molecule has 0 fully saturated rings. The lowest BCUT2D eigenvalue weighted by atomic mass is 9.86. The van der Waals surface area contributed by atoms with Gasteiger partial charge in [-0.1, -0.05) is 42.0 Å². The smallest absolute Gasteiger partial charge is 0.196 e. The van der Waals surface area contributed by atoms with E-state index in [1.807, 2.05) is 42.5 Å². The number of nitrogens with zero attached hydrogens (tertiary/aromatic N) is 2. The summed E-state index contributed by atoms with van der Waals surface area (Å²) in [6, 6.07) is 17.7. The van der Waals surface area contributed by atoms with Gasteiger partial charge in [0.15, 0.2) is 5.78 Å². The molecule has 5 rings (SSSR count). The van der Waals surface area contributed by atoms with Crippen molar-refractivity contribution < 1.29 is 4.79 Å². The number of benzene rings is 3. The van der Waals surface area contributed by atoms with E-state index in [4.69, 9.17) is 0 Å². The Morgan fingerprint density at radius 2 is 1.63 bits per heavy atom. The third kappa shape index (κ3) is 2.34. The van der Waals surface area contributed by atoms with Gasteiger partial charge in [0.05, 0.1) is 22.5 Å². The van der Waals surface area contributed by atoms with E-state index in [1.165, 1.54) is 5.56 Å². The second kappa shape index (κ2) is 5.74. The summed E-state index contributed by atoms with van der Waals surface area (Å²) in [5, 5.41) is 4.27. The number of hydrogen-bond acceptors (Lipinski definition) is 4. The highest BCUT2D eigenvalue weighted by atomic mass is 16.1. The quantitative estimate of drug-likeness (QED) is 0.475. The highest BCUT2D eigenvalue weighted by Crippen LogP contribution is 2.41. The van der Waals surface area contributed by atoms with Crippen LogP contribution in [0, 0.1) is 13.8 Å². The molecule has 0 spiro atoms. The van der Waals surface area contributed by atoms with Crippen LogP contribution in [-0.4, -0.2) is 15.8 Å². The van der Waals surface area contributed by atoms with Gasteiger partial charge < -0.3 is 5.32 Å². The van der Waals surface area contributed by atoms with Crippen molar-refractivity contribution in [2.24, 2.45) is 0 Å². The van der Waals surface area contributed by atoms with Crippen LogP contribution in [0.4, 0.5) is 11.4 Å². The van der Waals surface area contributed by atoms with E-state index in [0.717, 1.165) is 39.1 Å². The molecule has 0 saturated carbocycles. The topological polar surface area (TPSA) is 54.9 Å². The first-order valence-electron chi connectivity index (χ1n) is 8.89. The number of anilines is 2. The van der Waals surface area contributed by atoms with Gasteiger partial charge >= 0.3 is 0 Å². The third-order valence-corrected chi connectivity index (χ3v) is 5.11. The zero-order valence-corrected chi connectivity index (χ0v) is 15.1.